The SMILES string of the molecule is C=CCNC(=O)CN1CCN(CC(=O)Nc2ccccc2C(=O)NC2CC2)CC1. The number of amides is 3. The molecule has 156 valence electrons. The summed E-state index contributed by atoms with van der Waals surface area (Å²) in [5.41, 5.74) is 1.02. The molecule has 0 spiro atoms. The van der Waals surface area contributed by atoms with E-state index in [1.165, 1.54) is 0 Å². The maximum Gasteiger partial charge on any atom is 0.253 e. The zero-order chi connectivity index (χ0) is 20.6. The van der Waals surface area contributed by atoms with Gasteiger partial charge in [0.25, 0.3) is 5.91 Å². The maximum atomic E-state index is 12.5. The first kappa shape index (κ1) is 21.0. The predicted molar refractivity (Wildman–Crippen MR) is 112 cm³/mol. The summed E-state index contributed by atoms with van der Waals surface area (Å²) in [4.78, 5) is 40.8. The van der Waals surface area contributed by atoms with Crippen molar-refractivity contribution in [2.45, 2.75) is 18.9 Å². The molecule has 2 aliphatic rings. The van der Waals surface area contributed by atoms with E-state index in [0.717, 1.165) is 25.9 Å². The van der Waals surface area contributed by atoms with E-state index in [2.05, 4.69) is 32.3 Å². The fourth-order valence-electron chi connectivity index (χ4n) is 3.22. The molecule has 2 fully saturated rings. The lowest BCUT2D eigenvalue weighted by Crippen LogP contribution is -2.51. The summed E-state index contributed by atoms with van der Waals surface area (Å²) in [6.45, 7) is 7.56. The molecule has 8 heteroatoms. The molecule has 1 saturated carbocycles. The number of benzene rings is 1. The van der Waals surface area contributed by atoms with Crippen LogP contribution in [0.4, 0.5) is 5.69 Å². The second-order valence-electron chi connectivity index (χ2n) is 7.49. The number of carbonyl (C=O) groups excluding carboxylic acids is 3. The summed E-state index contributed by atoms with van der Waals surface area (Å²) in [5, 5.41) is 8.60. The van der Waals surface area contributed by atoms with Crippen molar-refractivity contribution in [3.8, 4) is 0 Å². The first-order chi connectivity index (χ1) is 14.0. The second kappa shape index (κ2) is 10.2. The molecule has 0 unspecified atom stereocenters. The van der Waals surface area contributed by atoms with Crippen molar-refractivity contribution < 1.29 is 14.4 Å². The molecule has 1 saturated heterocycles. The third kappa shape index (κ3) is 6.69. The molecule has 1 aromatic carbocycles. The molecule has 8 nitrogen and oxygen atoms in total. The second-order valence-corrected chi connectivity index (χ2v) is 7.49. The monoisotopic (exact) mass is 399 g/mol. The van der Waals surface area contributed by atoms with Crippen molar-refractivity contribution in [3.63, 3.8) is 0 Å². The molecule has 3 rings (SSSR count). The molecule has 0 radical (unpaired) electrons. The average Bonchev–Trinajstić information content (AvgIpc) is 3.52. The number of rotatable bonds is 9. The Morgan fingerprint density at radius 3 is 2.24 bits per heavy atom. The lowest BCUT2D eigenvalue weighted by molar-refractivity contribution is -0.123. The summed E-state index contributed by atoms with van der Waals surface area (Å²) in [6.07, 6.45) is 3.69. The van der Waals surface area contributed by atoms with Crippen LogP contribution in [-0.2, 0) is 9.59 Å². The van der Waals surface area contributed by atoms with Crippen molar-refractivity contribution in [2.24, 2.45) is 0 Å². The fourth-order valence-corrected chi connectivity index (χ4v) is 3.22. The smallest absolute Gasteiger partial charge is 0.253 e. The van der Waals surface area contributed by atoms with Crippen LogP contribution in [0.25, 0.3) is 0 Å². The molecule has 0 bridgehead atoms. The number of nitrogens with zero attached hydrogens (tertiary/aromatic N) is 2. The van der Waals surface area contributed by atoms with Crippen LogP contribution in [-0.4, -0.2) is 79.4 Å². The van der Waals surface area contributed by atoms with Gasteiger partial charge in [0.05, 0.1) is 24.3 Å². The summed E-state index contributed by atoms with van der Waals surface area (Å²) in [6, 6.07) is 7.34. The Labute approximate surface area is 171 Å². The Hall–Kier alpha value is -2.71. The number of nitrogens with one attached hydrogen (secondary N) is 3. The standard InChI is InChI=1S/C21H29N5O3/c1-2-9-22-19(27)14-25-10-12-26(13-11-25)15-20(28)24-18-6-4-3-5-17(18)21(29)23-16-7-8-16/h2-6,16H,1,7-15H2,(H,22,27)(H,23,29)(H,24,28). The van der Waals surface area contributed by atoms with E-state index < -0.39 is 0 Å². The number of carbonyl (C=O) groups is 3. The minimum Gasteiger partial charge on any atom is -0.352 e. The number of anilines is 1. The topological polar surface area (TPSA) is 93.8 Å². The molecular formula is C21H29N5O3. The van der Waals surface area contributed by atoms with Crippen molar-refractivity contribution in [2.75, 3.05) is 51.1 Å². The summed E-state index contributed by atoms with van der Waals surface area (Å²) in [7, 11) is 0. The highest BCUT2D eigenvalue weighted by atomic mass is 16.2. The van der Waals surface area contributed by atoms with Gasteiger partial charge >= 0.3 is 0 Å². The quantitative estimate of drug-likeness (QED) is 0.524. The molecule has 1 aliphatic carbocycles. The van der Waals surface area contributed by atoms with Gasteiger partial charge in [0, 0.05) is 38.8 Å². The highest BCUT2D eigenvalue weighted by Gasteiger charge is 2.25. The molecule has 0 atom stereocenters. The summed E-state index contributed by atoms with van der Waals surface area (Å²) < 4.78 is 0. The van der Waals surface area contributed by atoms with Crippen LogP contribution >= 0.6 is 0 Å². The van der Waals surface area contributed by atoms with Crippen molar-refractivity contribution >= 4 is 23.4 Å². The molecule has 0 aromatic heterocycles. The van der Waals surface area contributed by atoms with Gasteiger partial charge in [-0.05, 0) is 25.0 Å². The third-order valence-corrected chi connectivity index (χ3v) is 5.00. The molecule has 3 amide bonds. The van der Waals surface area contributed by atoms with Crippen LogP contribution in [0.15, 0.2) is 36.9 Å². The largest absolute Gasteiger partial charge is 0.352 e. The van der Waals surface area contributed by atoms with Crippen molar-refractivity contribution in [1.82, 2.24) is 20.4 Å². The van der Waals surface area contributed by atoms with Crippen LogP contribution in [0.5, 0.6) is 0 Å². The van der Waals surface area contributed by atoms with E-state index in [9.17, 15) is 14.4 Å². The van der Waals surface area contributed by atoms with Gasteiger partial charge in [-0.15, -0.1) is 6.58 Å². The highest BCUT2D eigenvalue weighted by Crippen LogP contribution is 2.21. The van der Waals surface area contributed by atoms with E-state index in [0.29, 0.717) is 37.4 Å². The van der Waals surface area contributed by atoms with E-state index >= 15 is 0 Å². The molecule has 3 N–H and O–H groups in total. The summed E-state index contributed by atoms with van der Waals surface area (Å²) >= 11 is 0. The Bertz CT molecular complexity index is 754. The Kier molecular flexibility index (Phi) is 7.37. The van der Waals surface area contributed by atoms with Gasteiger partial charge in [-0.25, -0.2) is 0 Å². The van der Waals surface area contributed by atoms with E-state index in [-0.39, 0.29) is 30.3 Å². The Balaban J connectivity index is 1.44. The molecule has 1 heterocycles. The molecule has 1 aromatic rings. The van der Waals surface area contributed by atoms with Crippen LogP contribution in [0.1, 0.15) is 23.2 Å². The average molecular weight is 399 g/mol. The van der Waals surface area contributed by atoms with Crippen LogP contribution in [0, 0.1) is 0 Å². The minimum atomic E-state index is -0.147. The number of hydrogen-bond donors (Lipinski definition) is 3. The van der Waals surface area contributed by atoms with E-state index in [1.54, 1.807) is 30.3 Å². The number of para-hydroxylation sites is 1. The zero-order valence-electron chi connectivity index (χ0n) is 16.7. The van der Waals surface area contributed by atoms with Gasteiger partial charge in [0.1, 0.15) is 0 Å². The van der Waals surface area contributed by atoms with Gasteiger partial charge in [0.15, 0.2) is 0 Å². The number of hydrogen-bond acceptors (Lipinski definition) is 5. The van der Waals surface area contributed by atoms with Crippen molar-refractivity contribution in [1.29, 1.82) is 0 Å². The first-order valence-electron chi connectivity index (χ1n) is 10.1. The van der Waals surface area contributed by atoms with Crippen LogP contribution in [0.2, 0.25) is 0 Å². The van der Waals surface area contributed by atoms with Gasteiger partial charge in [-0.1, -0.05) is 18.2 Å². The normalized spacial score (nSPS) is 17.4. The number of piperazine rings is 1. The van der Waals surface area contributed by atoms with Crippen LogP contribution in [0.3, 0.4) is 0 Å². The van der Waals surface area contributed by atoms with Gasteiger partial charge < -0.3 is 16.0 Å². The van der Waals surface area contributed by atoms with Crippen LogP contribution < -0.4 is 16.0 Å². The van der Waals surface area contributed by atoms with Gasteiger partial charge in [-0.3, -0.25) is 24.2 Å². The minimum absolute atomic E-state index is 0.0165. The first-order valence-corrected chi connectivity index (χ1v) is 10.1. The third-order valence-electron chi connectivity index (χ3n) is 5.00. The summed E-state index contributed by atoms with van der Waals surface area (Å²) in [5.74, 6) is -0.308. The van der Waals surface area contributed by atoms with E-state index in [1.807, 2.05) is 0 Å². The lowest BCUT2D eigenvalue weighted by Gasteiger charge is -2.33. The fraction of sp³-hybridized carbons (Fsp3) is 0.476. The van der Waals surface area contributed by atoms with Crippen molar-refractivity contribution in [3.05, 3.63) is 42.5 Å². The maximum absolute atomic E-state index is 12.5. The van der Waals surface area contributed by atoms with Gasteiger partial charge in [-0.2, -0.15) is 0 Å². The van der Waals surface area contributed by atoms with E-state index in [4.69, 9.17) is 0 Å². The Morgan fingerprint density at radius 2 is 1.62 bits per heavy atom. The molecular weight excluding hydrogens is 370 g/mol. The van der Waals surface area contributed by atoms with Gasteiger partial charge in [0.2, 0.25) is 11.8 Å². The Morgan fingerprint density at radius 1 is 1.00 bits per heavy atom. The molecule has 29 heavy (non-hydrogen) atoms. The molecule has 1 aliphatic heterocycles. The zero-order valence-corrected chi connectivity index (χ0v) is 16.7. The highest BCUT2D eigenvalue weighted by molar-refractivity contribution is 6.04. The predicted octanol–water partition coefficient (Wildman–Crippen LogP) is 0.437. The lowest BCUT2D eigenvalue weighted by atomic mass is 10.1.